The zero-order chi connectivity index (χ0) is 14.2. The molecule has 0 spiro atoms. The molecule has 0 amide bonds. The number of pyridine rings is 2. The third-order valence-electron chi connectivity index (χ3n) is 3.30. The van der Waals surface area contributed by atoms with Crippen LogP contribution in [0.1, 0.15) is 5.69 Å². The maximum absolute atomic E-state index is 12.7. The SMILES string of the molecule is FC(F)(F)c1ccc2c(N3CCNCC3)nccc2n1. The van der Waals surface area contributed by atoms with E-state index in [-0.39, 0.29) is 0 Å². The molecule has 0 atom stereocenters. The highest BCUT2D eigenvalue weighted by Gasteiger charge is 2.32. The molecule has 3 rings (SSSR count). The van der Waals surface area contributed by atoms with Gasteiger partial charge in [0.05, 0.1) is 5.52 Å². The highest BCUT2D eigenvalue weighted by Crippen LogP contribution is 2.31. The predicted octanol–water partition coefficient (Wildman–Crippen LogP) is 2.06. The molecular weight excluding hydrogens is 269 g/mol. The first kappa shape index (κ1) is 13.1. The first-order chi connectivity index (χ1) is 9.55. The smallest absolute Gasteiger partial charge is 0.354 e. The molecule has 0 aromatic carbocycles. The van der Waals surface area contributed by atoms with E-state index >= 15 is 0 Å². The van der Waals surface area contributed by atoms with Gasteiger partial charge in [-0.1, -0.05) is 0 Å². The molecule has 3 heterocycles. The molecule has 2 aromatic heterocycles. The average Bonchev–Trinajstić information content (AvgIpc) is 2.46. The van der Waals surface area contributed by atoms with Crippen molar-refractivity contribution in [3.63, 3.8) is 0 Å². The first-order valence-electron chi connectivity index (χ1n) is 6.34. The van der Waals surface area contributed by atoms with Crippen molar-refractivity contribution >= 4 is 16.7 Å². The summed E-state index contributed by atoms with van der Waals surface area (Å²) in [6.07, 6.45) is -2.92. The number of fused-ring (bicyclic) bond motifs is 1. The number of anilines is 1. The molecule has 0 aliphatic carbocycles. The van der Waals surface area contributed by atoms with Crippen LogP contribution >= 0.6 is 0 Å². The maximum atomic E-state index is 12.7. The summed E-state index contributed by atoms with van der Waals surface area (Å²) in [5, 5.41) is 3.88. The molecule has 0 saturated carbocycles. The van der Waals surface area contributed by atoms with E-state index in [9.17, 15) is 13.2 Å². The fourth-order valence-corrected chi connectivity index (χ4v) is 2.33. The number of nitrogens with one attached hydrogen (secondary N) is 1. The minimum atomic E-state index is -4.42. The van der Waals surface area contributed by atoms with Crippen molar-refractivity contribution in [3.8, 4) is 0 Å². The number of hydrogen-bond acceptors (Lipinski definition) is 4. The Kier molecular flexibility index (Phi) is 3.21. The van der Waals surface area contributed by atoms with Crippen LogP contribution in [-0.2, 0) is 6.18 Å². The molecule has 1 saturated heterocycles. The molecule has 0 radical (unpaired) electrons. The summed E-state index contributed by atoms with van der Waals surface area (Å²) in [5.74, 6) is 0.699. The topological polar surface area (TPSA) is 41.0 Å². The van der Waals surface area contributed by atoms with Crippen LogP contribution in [0.4, 0.5) is 19.0 Å². The molecule has 1 N–H and O–H groups in total. The van der Waals surface area contributed by atoms with Gasteiger partial charge in [0.15, 0.2) is 0 Å². The molecule has 20 heavy (non-hydrogen) atoms. The number of halogens is 3. The minimum absolute atomic E-state index is 0.323. The van der Waals surface area contributed by atoms with Gasteiger partial charge in [-0.05, 0) is 18.2 Å². The lowest BCUT2D eigenvalue weighted by Crippen LogP contribution is -2.44. The normalized spacial score (nSPS) is 16.6. The van der Waals surface area contributed by atoms with Gasteiger partial charge in [0.2, 0.25) is 0 Å². The summed E-state index contributed by atoms with van der Waals surface area (Å²) < 4.78 is 38.0. The van der Waals surface area contributed by atoms with Gasteiger partial charge in [-0.25, -0.2) is 9.97 Å². The van der Waals surface area contributed by atoms with E-state index in [1.807, 2.05) is 0 Å². The summed E-state index contributed by atoms with van der Waals surface area (Å²) in [4.78, 5) is 10.1. The summed E-state index contributed by atoms with van der Waals surface area (Å²) in [7, 11) is 0. The molecule has 7 heteroatoms. The Hall–Kier alpha value is -1.89. The van der Waals surface area contributed by atoms with Gasteiger partial charge < -0.3 is 10.2 Å². The number of piperazine rings is 1. The monoisotopic (exact) mass is 282 g/mol. The van der Waals surface area contributed by atoms with Crippen LogP contribution in [0.15, 0.2) is 24.4 Å². The second kappa shape index (κ2) is 4.90. The predicted molar refractivity (Wildman–Crippen MR) is 69.6 cm³/mol. The van der Waals surface area contributed by atoms with Crippen molar-refractivity contribution in [2.24, 2.45) is 0 Å². The van der Waals surface area contributed by atoms with Crippen LogP contribution in [0, 0.1) is 0 Å². The average molecular weight is 282 g/mol. The van der Waals surface area contributed by atoms with Crippen molar-refractivity contribution in [1.82, 2.24) is 15.3 Å². The first-order valence-corrected chi connectivity index (χ1v) is 6.34. The lowest BCUT2D eigenvalue weighted by Gasteiger charge is -2.29. The van der Waals surface area contributed by atoms with E-state index < -0.39 is 11.9 Å². The van der Waals surface area contributed by atoms with E-state index in [1.165, 1.54) is 18.3 Å². The van der Waals surface area contributed by atoms with Gasteiger partial charge in [0, 0.05) is 37.8 Å². The summed E-state index contributed by atoms with van der Waals surface area (Å²) in [5.41, 5.74) is -0.550. The van der Waals surface area contributed by atoms with Crippen LogP contribution < -0.4 is 10.2 Å². The maximum Gasteiger partial charge on any atom is 0.433 e. The Morgan fingerprint density at radius 1 is 1.10 bits per heavy atom. The van der Waals surface area contributed by atoms with Crippen molar-refractivity contribution in [2.75, 3.05) is 31.1 Å². The van der Waals surface area contributed by atoms with E-state index in [0.717, 1.165) is 32.2 Å². The molecule has 4 nitrogen and oxygen atoms in total. The van der Waals surface area contributed by atoms with Crippen molar-refractivity contribution in [3.05, 3.63) is 30.1 Å². The molecule has 1 aliphatic rings. The Balaban J connectivity index is 2.06. The van der Waals surface area contributed by atoms with E-state index in [0.29, 0.717) is 16.7 Å². The third-order valence-corrected chi connectivity index (χ3v) is 3.30. The largest absolute Gasteiger partial charge is 0.433 e. The van der Waals surface area contributed by atoms with Crippen LogP contribution in [0.3, 0.4) is 0 Å². The molecule has 0 unspecified atom stereocenters. The fraction of sp³-hybridized carbons (Fsp3) is 0.385. The number of alkyl halides is 3. The lowest BCUT2D eigenvalue weighted by atomic mass is 10.2. The molecule has 1 fully saturated rings. The molecule has 106 valence electrons. The molecular formula is C13H13F3N4. The highest BCUT2D eigenvalue weighted by atomic mass is 19.4. The molecule has 0 bridgehead atoms. The van der Waals surface area contributed by atoms with Crippen LogP contribution in [0.2, 0.25) is 0 Å². The Labute approximate surface area is 113 Å². The summed E-state index contributed by atoms with van der Waals surface area (Å²) in [6, 6.07) is 3.97. The Morgan fingerprint density at radius 2 is 1.85 bits per heavy atom. The molecule has 1 aliphatic heterocycles. The van der Waals surface area contributed by atoms with Gasteiger partial charge in [0.1, 0.15) is 11.5 Å². The van der Waals surface area contributed by atoms with Crippen molar-refractivity contribution in [1.29, 1.82) is 0 Å². The number of hydrogen-bond donors (Lipinski definition) is 1. The lowest BCUT2D eigenvalue weighted by molar-refractivity contribution is -0.140. The second-order valence-electron chi connectivity index (χ2n) is 4.63. The van der Waals surface area contributed by atoms with Gasteiger partial charge in [-0.3, -0.25) is 0 Å². The van der Waals surface area contributed by atoms with Crippen LogP contribution in [0.25, 0.3) is 10.9 Å². The number of rotatable bonds is 1. The zero-order valence-corrected chi connectivity index (χ0v) is 10.6. The van der Waals surface area contributed by atoms with Gasteiger partial charge in [0.25, 0.3) is 0 Å². The minimum Gasteiger partial charge on any atom is -0.354 e. The number of nitrogens with zero attached hydrogens (tertiary/aromatic N) is 3. The summed E-state index contributed by atoms with van der Waals surface area (Å²) >= 11 is 0. The standard InChI is InChI=1S/C13H13F3N4/c14-13(15,16)11-2-1-9-10(19-11)3-4-18-12(9)20-7-5-17-6-8-20/h1-4,17H,5-8H2. The highest BCUT2D eigenvalue weighted by molar-refractivity contribution is 5.89. The van der Waals surface area contributed by atoms with Crippen molar-refractivity contribution in [2.45, 2.75) is 6.18 Å². The number of aromatic nitrogens is 2. The van der Waals surface area contributed by atoms with E-state index in [2.05, 4.69) is 20.2 Å². The Morgan fingerprint density at radius 3 is 2.55 bits per heavy atom. The quantitative estimate of drug-likeness (QED) is 0.869. The van der Waals surface area contributed by atoms with Gasteiger partial charge in [-0.15, -0.1) is 0 Å². The van der Waals surface area contributed by atoms with E-state index in [4.69, 9.17) is 0 Å². The fourth-order valence-electron chi connectivity index (χ4n) is 2.33. The zero-order valence-electron chi connectivity index (χ0n) is 10.6. The second-order valence-corrected chi connectivity index (χ2v) is 4.63. The molecule has 2 aromatic rings. The van der Waals surface area contributed by atoms with E-state index in [1.54, 1.807) is 0 Å². The van der Waals surface area contributed by atoms with Gasteiger partial charge in [-0.2, -0.15) is 13.2 Å². The van der Waals surface area contributed by atoms with Gasteiger partial charge >= 0.3 is 6.18 Å². The van der Waals surface area contributed by atoms with Crippen LogP contribution in [0.5, 0.6) is 0 Å². The summed E-state index contributed by atoms with van der Waals surface area (Å²) in [6.45, 7) is 3.25. The Bertz CT molecular complexity index is 621. The van der Waals surface area contributed by atoms with Crippen molar-refractivity contribution < 1.29 is 13.2 Å². The van der Waals surface area contributed by atoms with Crippen LogP contribution in [-0.4, -0.2) is 36.1 Å². The third kappa shape index (κ3) is 2.40.